The molecule has 1 atom stereocenters. The highest BCUT2D eigenvalue weighted by atomic mass is 32.2. The molecule has 0 radical (unpaired) electrons. The standard InChI is InChI=1S/C22H17F2NO3S/c23-16-11-12-19(18(24)13-16)25-20(26)14-28-22(27)21(15-7-3-1-4-8-15)29-17-9-5-2-6-10-17/h1-13,21H,14H2,(H,25,26)/t21-/m1/s1. The summed E-state index contributed by atoms with van der Waals surface area (Å²) in [5, 5.41) is 1.58. The molecule has 1 N–H and O–H groups in total. The van der Waals surface area contributed by atoms with Crippen molar-refractivity contribution < 1.29 is 23.1 Å². The monoisotopic (exact) mass is 413 g/mol. The average molecular weight is 413 g/mol. The van der Waals surface area contributed by atoms with E-state index in [-0.39, 0.29) is 5.69 Å². The number of rotatable bonds is 7. The summed E-state index contributed by atoms with van der Waals surface area (Å²) in [4.78, 5) is 25.6. The highest BCUT2D eigenvalue weighted by Gasteiger charge is 2.24. The third-order valence-corrected chi connectivity index (χ3v) is 5.11. The quantitative estimate of drug-likeness (QED) is 0.438. The Hall–Kier alpha value is -3.19. The fourth-order valence-corrected chi connectivity index (χ4v) is 3.55. The Labute approximate surface area is 170 Å². The van der Waals surface area contributed by atoms with E-state index < -0.39 is 35.4 Å². The van der Waals surface area contributed by atoms with Gasteiger partial charge in [-0.3, -0.25) is 9.59 Å². The van der Waals surface area contributed by atoms with Crippen molar-refractivity contribution in [2.45, 2.75) is 10.1 Å². The number of anilines is 1. The van der Waals surface area contributed by atoms with E-state index in [2.05, 4.69) is 5.32 Å². The molecule has 4 nitrogen and oxygen atoms in total. The van der Waals surface area contributed by atoms with Gasteiger partial charge in [0.15, 0.2) is 6.61 Å². The largest absolute Gasteiger partial charge is 0.454 e. The van der Waals surface area contributed by atoms with Gasteiger partial charge in [-0.05, 0) is 29.8 Å². The molecule has 0 aliphatic carbocycles. The van der Waals surface area contributed by atoms with Gasteiger partial charge < -0.3 is 10.1 Å². The van der Waals surface area contributed by atoms with Crippen LogP contribution in [0.3, 0.4) is 0 Å². The third kappa shape index (κ3) is 5.89. The van der Waals surface area contributed by atoms with Gasteiger partial charge in [0.25, 0.3) is 5.91 Å². The number of amides is 1. The van der Waals surface area contributed by atoms with Gasteiger partial charge in [-0.15, -0.1) is 11.8 Å². The van der Waals surface area contributed by atoms with Crippen molar-refractivity contribution in [2.75, 3.05) is 11.9 Å². The number of nitrogens with one attached hydrogen (secondary N) is 1. The number of hydrogen-bond acceptors (Lipinski definition) is 4. The molecule has 0 heterocycles. The van der Waals surface area contributed by atoms with Crippen molar-refractivity contribution in [1.82, 2.24) is 0 Å². The summed E-state index contributed by atoms with van der Waals surface area (Å²) in [7, 11) is 0. The van der Waals surface area contributed by atoms with E-state index in [1.807, 2.05) is 48.5 Å². The first-order valence-corrected chi connectivity index (χ1v) is 9.59. The lowest BCUT2D eigenvalue weighted by Crippen LogP contribution is -2.23. The van der Waals surface area contributed by atoms with E-state index in [1.165, 1.54) is 11.8 Å². The number of thioether (sulfide) groups is 1. The molecule has 0 bridgehead atoms. The van der Waals surface area contributed by atoms with Crippen molar-refractivity contribution in [2.24, 2.45) is 0 Å². The summed E-state index contributed by atoms with van der Waals surface area (Å²) in [6.07, 6.45) is 0. The molecule has 3 rings (SSSR count). The molecule has 148 valence electrons. The summed E-state index contributed by atoms with van der Waals surface area (Å²) < 4.78 is 31.7. The van der Waals surface area contributed by atoms with Crippen LogP contribution in [-0.4, -0.2) is 18.5 Å². The Morgan fingerprint density at radius 1 is 0.931 bits per heavy atom. The second kappa shape index (κ2) is 9.84. The maximum absolute atomic E-state index is 13.6. The first-order valence-electron chi connectivity index (χ1n) is 8.71. The summed E-state index contributed by atoms with van der Waals surface area (Å²) in [6, 6.07) is 21.2. The van der Waals surface area contributed by atoms with Crippen LogP contribution in [0.15, 0.2) is 83.8 Å². The van der Waals surface area contributed by atoms with E-state index in [4.69, 9.17) is 4.74 Å². The minimum absolute atomic E-state index is 0.189. The Bertz CT molecular complexity index is 984. The van der Waals surface area contributed by atoms with Crippen LogP contribution in [0.2, 0.25) is 0 Å². The van der Waals surface area contributed by atoms with Crippen molar-refractivity contribution in [1.29, 1.82) is 0 Å². The zero-order valence-electron chi connectivity index (χ0n) is 15.2. The van der Waals surface area contributed by atoms with Gasteiger partial charge in [-0.1, -0.05) is 48.5 Å². The predicted octanol–water partition coefficient (Wildman–Crippen LogP) is 4.98. The molecule has 0 aliphatic heterocycles. The van der Waals surface area contributed by atoms with Crippen molar-refractivity contribution >= 4 is 29.3 Å². The Balaban J connectivity index is 1.65. The molecular weight excluding hydrogens is 396 g/mol. The SMILES string of the molecule is O=C(COC(=O)[C@H](Sc1ccccc1)c1ccccc1)Nc1ccc(F)cc1F. The molecule has 0 aromatic heterocycles. The minimum atomic E-state index is -0.911. The van der Waals surface area contributed by atoms with E-state index in [0.29, 0.717) is 6.07 Å². The molecule has 3 aromatic rings. The van der Waals surface area contributed by atoms with Crippen LogP contribution in [0.4, 0.5) is 14.5 Å². The zero-order chi connectivity index (χ0) is 20.6. The molecular formula is C22H17F2NO3S. The van der Waals surface area contributed by atoms with Crippen LogP contribution >= 0.6 is 11.8 Å². The highest BCUT2D eigenvalue weighted by Crippen LogP contribution is 2.36. The van der Waals surface area contributed by atoms with E-state index in [1.54, 1.807) is 12.1 Å². The smallest absolute Gasteiger partial charge is 0.324 e. The number of esters is 1. The molecule has 0 fully saturated rings. The van der Waals surface area contributed by atoms with Gasteiger partial charge in [0.05, 0.1) is 5.69 Å². The Morgan fingerprint density at radius 3 is 2.24 bits per heavy atom. The average Bonchev–Trinajstić information content (AvgIpc) is 2.74. The van der Waals surface area contributed by atoms with Crippen LogP contribution in [0.1, 0.15) is 10.8 Å². The Kier molecular flexibility index (Phi) is 6.97. The number of ether oxygens (including phenoxy) is 1. The molecule has 29 heavy (non-hydrogen) atoms. The number of benzene rings is 3. The minimum Gasteiger partial charge on any atom is -0.454 e. The first-order chi connectivity index (χ1) is 14.0. The van der Waals surface area contributed by atoms with Crippen molar-refractivity contribution in [3.8, 4) is 0 Å². The van der Waals surface area contributed by atoms with E-state index in [0.717, 1.165) is 22.6 Å². The number of carbonyl (C=O) groups excluding carboxylic acids is 2. The lowest BCUT2D eigenvalue weighted by atomic mass is 10.1. The highest BCUT2D eigenvalue weighted by molar-refractivity contribution is 8.00. The lowest BCUT2D eigenvalue weighted by Gasteiger charge is -2.16. The number of hydrogen-bond donors (Lipinski definition) is 1. The van der Waals surface area contributed by atoms with Gasteiger partial charge >= 0.3 is 5.97 Å². The Morgan fingerprint density at radius 2 is 1.59 bits per heavy atom. The summed E-state index contributed by atoms with van der Waals surface area (Å²) in [5.41, 5.74) is 0.544. The summed E-state index contributed by atoms with van der Waals surface area (Å²) in [5.74, 6) is -2.98. The van der Waals surface area contributed by atoms with Crippen molar-refractivity contribution in [3.05, 3.63) is 96.1 Å². The molecule has 0 saturated heterocycles. The maximum atomic E-state index is 13.6. The maximum Gasteiger partial charge on any atom is 0.324 e. The van der Waals surface area contributed by atoms with Crippen LogP contribution in [0.5, 0.6) is 0 Å². The second-order valence-corrected chi connectivity index (χ2v) is 7.18. The first kappa shape index (κ1) is 20.5. The van der Waals surface area contributed by atoms with E-state index in [9.17, 15) is 18.4 Å². The van der Waals surface area contributed by atoms with Gasteiger partial charge in [-0.25, -0.2) is 8.78 Å². The van der Waals surface area contributed by atoms with Crippen LogP contribution in [0, 0.1) is 11.6 Å². The van der Waals surface area contributed by atoms with Crippen LogP contribution in [0.25, 0.3) is 0 Å². The molecule has 7 heteroatoms. The van der Waals surface area contributed by atoms with Gasteiger partial charge in [0.1, 0.15) is 16.9 Å². The predicted molar refractivity (Wildman–Crippen MR) is 107 cm³/mol. The fourth-order valence-electron chi connectivity index (χ4n) is 2.50. The molecule has 0 saturated carbocycles. The van der Waals surface area contributed by atoms with Gasteiger partial charge in [0, 0.05) is 11.0 Å². The zero-order valence-corrected chi connectivity index (χ0v) is 16.0. The van der Waals surface area contributed by atoms with Crippen LogP contribution < -0.4 is 5.32 Å². The number of carbonyl (C=O) groups is 2. The number of halogens is 2. The molecule has 3 aromatic carbocycles. The fraction of sp³-hybridized carbons (Fsp3) is 0.0909. The van der Waals surface area contributed by atoms with Crippen molar-refractivity contribution in [3.63, 3.8) is 0 Å². The van der Waals surface area contributed by atoms with Crippen LogP contribution in [-0.2, 0) is 14.3 Å². The molecule has 1 amide bonds. The molecule has 0 spiro atoms. The normalized spacial score (nSPS) is 11.5. The van der Waals surface area contributed by atoms with Gasteiger partial charge in [0.2, 0.25) is 0 Å². The van der Waals surface area contributed by atoms with E-state index >= 15 is 0 Å². The topological polar surface area (TPSA) is 55.4 Å². The molecule has 0 unspecified atom stereocenters. The second-order valence-electron chi connectivity index (χ2n) is 6.00. The third-order valence-electron chi connectivity index (χ3n) is 3.86. The summed E-state index contributed by atoms with van der Waals surface area (Å²) >= 11 is 1.30. The summed E-state index contributed by atoms with van der Waals surface area (Å²) in [6.45, 7) is -0.589. The molecule has 0 aliphatic rings. The lowest BCUT2D eigenvalue weighted by molar-refractivity contribution is -0.146. The van der Waals surface area contributed by atoms with Gasteiger partial charge in [-0.2, -0.15) is 0 Å².